The number of aliphatic hydroxyl groups is 1. The molecular formula is C6H7F4N3O. The molecule has 0 unspecified atom stereocenters. The highest BCUT2D eigenvalue weighted by Gasteiger charge is 2.47. The zero-order valence-corrected chi connectivity index (χ0v) is 7.09. The van der Waals surface area contributed by atoms with E-state index in [9.17, 15) is 17.6 Å². The van der Waals surface area contributed by atoms with Crippen molar-refractivity contribution in [2.24, 2.45) is 7.05 Å². The van der Waals surface area contributed by atoms with Crippen molar-refractivity contribution in [1.29, 1.82) is 0 Å². The molecule has 0 saturated heterocycles. The number of hydrogen-bond donors (Lipinski definition) is 1. The first-order valence-corrected chi connectivity index (χ1v) is 3.56. The molecule has 1 heterocycles. The van der Waals surface area contributed by atoms with E-state index in [1.807, 2.05) is 0 Å². The Morgan fingerprint density at radius 3 is 2.36 bits per heavy atom. The van der Waals surface area contributed by atoms with Crippen molar-refractivity contribution in [3.63, 3.8) is 0 Å². The van der Waals surface area contributed by atoms with Gasteiger partial charge in [0.25, 0.3) is 0 Å². The quantitative estimate of drug-likeness (QED) is 0.750. The smallest absolute Gasteiger partial charge is 0.365 e. The van der Waals surface area contributed by atoms with Gasteiger partial charge in [0.2, 0.25) is 5.82 Å². The number of nitrogens with zero attached hydrogens (tertiary/aromatic N) is 3. The lowest BCUT2D eigenvalue weighted by atomic mass is 10.3. The first kappa shape index (κ1) is 10.9. The SMILES string of the molecule is Cn1c(CO)nnc1C(F)(F)C(F)F. The molecule has 0 aliphatic carbocycles. The van der Waals surface area contributed by atoms with E-state index < -0.39 is 24.8 Å². The topological polar surface area (TPSA) is 50.9 Å². The van der Waals surface area contributed by atoms with Crippen LogP contribution in [-0.4, -0.2) is 26.3 Å². The van der Waals surface area contributed by atoms with Crippen LogP contribution >= 0.6 is 0 Å². The molecule has 1 aromatic heterocycles. The second-order valence-electron chi connectivity index (χ2n) is 2.58. The van der Waals surface area contributed by atoms with Crippen LogP contribution < -0.4 is 0 Å². The fourth-order valence-corrected chi connectivity index (χ4v) is 0.887. The molecule has 14 heavy (non-hydrogen) atoms. The Hall–Kier alpha value is -1.18. The molecule has 0 aliphatic rings. The van der Waals surface area contributed by atoms with E-state index >= 15 is 0 Å². The van der Waals surface area contributed by atoms with E-state index in [2.05, 4.69) is 10.2 Å². The van der Waals surface area contributed by atoms with Crippen LogP contribution in [0.2, 0.25) is 0 Å². The summed E-state index contributed by atoms with van der Waals surface area (Å²) in [4.78, 5) is 0. The van der Waals surface area contributed by atoms with Gasteiger partial charge in [0.05, 0.1) is 0 Å². The second kappa shape index (κ2) is 3.52. The van der Waals surface area contributed by atoms with Gasteiger partial charge >= 0.3 is 12.3 Å². The van der Waals surface area contributed by atoms with Gasteiger partial charge in [-0.25, -0.2) is 8.78 Å². The lowest BCUT2D eigenvalue weighted by Gasteiger charge is -2.13. The van der Waals surface area contributed by atoms with Crippen molar-refractivity contribution < 1.29 is 22.7 Å². The summed E-state index contributed by atoms with van der Waals surface area (Å²) in [7, 11) is 1.08. The van der Waals surface area contributed by atoms with Crippen molar-refractivity contribution in [2.45, 2.75) is 19.0 Å². The number of aliphatic hydroxyl groups excluding tert-OH is 1. The van der Waals surface area contributed by atoms with E-state index in [4.69, 9.17) is 5.11 Å². The van der Waals surface area contributed by atoms with Gasteiger partial charge in [0.1, 0.15) is 6.61 Å². The minimum atomic E-state index is -4.35. The Labute approximate surface area is 76.2 Å². The van der Waals surface area contributed by atoms with Crippen molar-refractivity contribution in [3.8, 4) is 0 Å². The van der Waals surface area contributed by atoms with Crippen LogP contribution in [0.1, 0.15) is 11.6 Å². The molecule has 0 saturated carbocycles. The zero-order valence-electron chi connectivity index (χ0n) is 7.09. The van der Waals surface area contributed by atoms with E-state index in [0.29, 0.717) is 4.57 Å². The number of rotatable bonds is 3. The summed E-state index contributed by atoms with van der Waals surface area (Å²) in [5.41, 5.74) is 0. The van der Waals surface area contributed by atoms with Crippen LogP contribution in [0.3, 0.4) is 0 Å². The van der Waals surface area contributed by atoms with Gasteiger partial charge in [0.15, 0.2) is 5.82 Å². The fraction of sp³-hybridized carbons (Fsp3) is 0.667. The van der Waals surface area contributed by atoms with Crippen molar-refractivity contribution in [3.05, 3.63) is 11.6 Å². The summed E-state index contributed by atoms with van der Waals surface area (Å²) >= 11 is 0. The summed E-state index contributed by atoms with van der Waals surface area (Å²) < 4.78 is 49.9. The van der Waals surface area contributed by atoms with Gasteiger partial charge < -0.3 is 9.67 Å². The molecule has 0 atom stereocenters. The molecule has 1 N–H and O–H groups in total. The highest BCUT2D eigenvalue weighted by atomic mass is 19.3. The molecule has 1 aromatic rings. The zero-order chi connectivity index (χ0) is 10.9. The van der Waals surface area contributed by atoms with E-state index in [1.54, 1.807) is 0 Å². The van der Waals surface area contributed by atoms with Gasteiger partial charge in [0, 0.05) is 7.05 Å². The lowest BCUT2D eigenvalue weighted by Crippen LogP contribution is -2.27. The summed E-state index contributed by atoms with van der Waals surface area (Å²) in [5.74, 6) is -5.70. The highest BCUT2D eigenvalue weighted by Crippen LogP contribution is 2.32. The minimum Gasteiger partial charge on any atom is -0.388 e. The molecule has 0 aromatic carbocycles. The van der Waals surface area contributed by atoms with Crippen LogP contribution in [-0.2, 0) is 19.6 Å². The molecule has 0 spiro atoms. The van der Waals surface area contributed by atoms with Crippen LogP contribution in [0.4, 0.5) is 17.6 Å². The minimum absolute atomic E-state index is 0.194. The van der Waals surface area contributed by atoms with Crippen molar-refractivity contribution >= 4 is 0 Å². The predicted octanol–water partition coefficient (Wildman–Crippen LogP) is 0.664. The molecule has 0 amide bonds. The maximum absolute atomic E-state index is 12.7. The molecule has 0 fully saturated rings. The first-order chi connectivity index (χ1) is 6.41. The maximum Gasteiger partial charge on any atom is 0.365 e. The van der Waals surface area contributed by atoms with E-state index in [0.717, 1.165) is 7.05 Å². The molecular weight excluding hydrogens is 206 g/mol. The van der Waals surface area contributed by atoms with Crippen LogP contribution in [0.25, 0.3) is 0 Å². The predicted molar refractivity (Wildman–Crippen MR) is 36.8 cm³/mol. The molecule has 0 bridgehead atoms. The average Bonchev–Trinajstić information content (AvgIpc) is 2.46. The normalized spacial score (nSPS) is 12.5. The van der Waals surface area contributed by atoms with Gasteiger partial charge in [-0.05, 0) is 0 Å². The summed E-state index contributed by atoms with van der Waals surface area (Å²) in [5, 5.41) is 14.6. The largest absolute Gasteiger partial charge is 0.388 e. The van der Waals surface area contributed by atoms with Crippen LogP contribution in [0.5, 0.6) is 0 Å². The Balaban J connectivity index is 3.13. The Bertz CT molecular complexity index is 325. The number of halogens is 4. The average molecular weight is 213 g/mol. The van der Waals surface area contributed by atoms with Gasteiger partial charge in [-0.1, -0.05) is 0 Å². The summed E-state index contributed by atoms with van der Waals surface area (Å²) in [6, 6.07) is 0. The third kappa shape index (κ3) is 1.57. The van der Waals surface area contributed by atoms with Gasteiger partial charge in [-0.2, -0.15) is 8.78 Å². The van der Waals surface area contributed by atoms with Crippen molar-refractivity contribution in [2.75, 3.05) is 0 Å². The summed E-state index contributed by atoms with van der Waals surface area (Å²) in [6.07, 6.45) is -3.85. The molecule has 1 rings (SSSR count). The molecule has 0 aliphatic heterocycles. The van der Waals surface area contributed by atoms with Crippen LogP contribution in [0, 0.1) is 0 Å². The third-order valence-corrected chi connectivity index (χ3v) is 1.68. The Kier molecular flexibility index (Phi) is 2.74. The number of alkyl halides is 4. The highest BCUT2D eigenvalue weighted by molar-refractivity contribution is 5.02. The second-order valence-corrected chi connectivity index (χ2v) is 2.58. The number of hydrogen-bond acceptors (Lipinski definition) is 3. The van der Waals surface area contributed by atoms with Crippen LogP contribution in [0.15, 0.2) is 0 Å². The fourth-order valence-electron chi connectivity index (χ4n) is 0.887. The molecule has 8 heteroatoms. The molecule has 0 radical (unpaired) electrons. The summed E-state index contributed by atoms with van der Waals surface area (Å²) in [6.45, 7) is -0.636. The first-order valence-electron chi connectivity index (χ1n) is 3.56. The maximum atomic E-state index is 12.7. The standard InChI is InChI=1S/C6H7F4N3O/c1-13-3(2-14)11-12-5(13)6(9,10)4(7)8/h4,14H,2H2,1H3. The Morgan fingerprint density at radius 1 is 1.43 bits per heavy atom. The monoisotopic (exact) mass is 213 g/mol. The van der Waals surface area contributed by atoms with Crippen molar-refractivity contribution in [1.82, 2.24) is 14.8 Å². The Morgan fingerprint density at radius 2 is 2.00 bits per heavy atom. The molecule has 80 valence electrons. The third-order valence-electron chi connectivity index (χ3n) is 1.68. The number of aromatic nitrogens is 3. The van der Waals surface area contributed by atoms with E-state index in [1.165, 1.54) is 0 Å². The molecule has 4 nitrogen and oxygen atoms in total. The van der Waals surface area contributed by atoms with E-state index in [-0.39, 0.29) is 5.82 Å². The van der Waals surface area contributed by atoms with Gasteiger partial charge in [-0.15, -0.1) is 10.2 Å². The van der Waals surface area contributed by atoms with Gasteiger partial charge in [-0.3, -0.25) is 0 Å². The lowest BCUT2D eigenvalue weighted by molar-refractivity contribution is -0.142.